The monoisotopic (exact) mass is 548 g/mol. The molecule has 0 aliphatic rings. The van der Waals surface area contributed by atoms with Gasteiger partial charge in [-0.15, -0.1) is 0 Å². The Bertz CT molecular complexity index is 1450. The van der Waals surface area contributed by atoms with Crippen LogP contribution in [0, 0.1) is 0 Å². The number of aromatic carboxylic acids is 4. The molecule has 0 aromatic heterocycles. The van der Waals surface area contributed by atoms with E-state index in [1.165, 1.54) is 24.3 Å². The van der Waals surface area contributed by atoms with Crippen LogP contribution >= 0.6 is 10.6 Å². The third-order valence-corrected chi connectivity index (χ3v) is 8.05. The van der Waals surface area contributed by atoms with Crippen LogP contribution in [0.15, 0.2) is 107 Å². The van der Waals surface area contributed by atoms with Gasteiger partial charge in [0.2, 0.25) is 0 Å². The van der Waals surface area contributed by atoms with Gasteiger partial charge in [-0.2, -0.15) is 0 Å². The highest BCUT2D eigenvalue weighted by molar-refractivity contribution is 8.26. The van der Waals surface area contributed by atoms with Crippen molar-refractivity contribution in [1.29, 1.82) is 0 Å². The van der Waals surface area contributed by atoms with Gasteiger partial charge in [-0.05, 0) is 60.7 Å². The van der Waals surface area contributed by atoms with E-state index in [-0.39, 0.29) is 22.6 Å². The fourth-order valence-corrected chi connectivity index (χ4v) is 6.12. The molecule has 0 atom stereocenters. The van der Waals surface area contributed by atoms with Gasteiger partial charge < -0.3 is 28.8 Å². The van der Waals surface area contributed by atoms with Crippen LogP contribution in [-0.4, -0.2) is 44.3 Å². The zero-order valence-corrected chi connectivity index (χ0v) is 20.7. The van der Waals surface area contributed by atoms with Gasteiger partial charge in [-0.25, -0.2) is 19.2 Å². The number of carboxylic acids is 4. The first-order valence-corrected chi connectivity index (χ1v) is 12.6. The van der Waals surface area contributed by atoms with Crippen LogP contribution in [0.25, 0.3) is 0 Å². The summed E-state index contributed by atoms with van der Waals surface area (Å²) in [4.78, 5) is 48.0. The Morgan fingerprint density at radius 3 is 1.15 bits per heavy atom. The van der Waals surface area contributed by atoms with Gasteiger partial charge in [0.25, 0.3) is 0 Å². The molecule has 10 nitrogen and oxygen atoms in total. The maximum Gasteiger partial charge on any atom is 0.339 e. The smallest absolute Gasteiger partial charge is 0.339 e. The first kappa shape index (κ1) is 26.8. The predicted octanol–water partition coefficient (Wildman–Crippen LogP) is 5.69. The molecule has 0 bridgehead atoms. The molecule has 0 radical (unpaired) electrons. The third-order valence-electron chi connectivity index (χ3n) is 5.44. The van der Waals surface area contributed by atoms with Crippen molar-refractivity contribution < 1.29 is 48.0 Å². The highest BCUT2D eigenvalue weighted by atomic mass is 32.3. The molecule has 198 valence electrons. The van der Waals surface area contributed by atoms with Crippen molar-refractivity contribution in [2.24, 2.45) is 0 Å². The molecular weight excluding hydrogens is 528 g/mol. The van der Waals surface area contributed by atoms with Crippen LogP contribution in [0.2, 0.25) is 0 Å². The van der Waals surface area contributed by atoms with Crippen LogP contribution in [0.1, 0.15) is 41.4 Å². The maximum atomic E-state index is 12.1. The predicted molar refractivity (Wildman–Crippen MR) is 139 cm³/mol. The molecule has 0 amide bonds. The van der Waals surface area contributed by atoms with E-state index in [9.17, 15) is 39.6 Å². The molecule has 4 aromatic rings. The lowest BCUT2D eigenvalue weighted by Gasteiger charge is -2.44. The fraction of sp³-hybridized carbons (Fsp3) is 0. The highest BCUT2D eigenvalue weighted by Gasteiger charge is 2.33. The molecule has 39 heavy (non-hydrogen) atoms. The first-order chi connectivity index (χ1) is 18.6. The van der Waals surface area contributed by atoms with Gasteiger partial charge in [0, 0.05) is 0 Å². The van der Waals surface area contributed by atoms with Crippen molar-refractivity contribution in [3.05, 3.63) is 119 Å². The molecule has 0 saturated carbocycles. The summed E-state index contributed by atoms with van der Waals surface area (Å²) in [5.74, 6) is -6.05. The van der Waals surface area contributed by atoms with E-state index in [1.807, 2.05) is 0 Å². The summed E-state index contributed by atoms with van der Waals surface area (Å²) >= 11 is 0. The Morgan fingerprint density at radius 2 is 0.846 bits per heavy atom. The number of benzene rings is 4. The second-order valence-corrected chi connectivity index (χ2v) is 10.2. The number of hydrogen-bond donors (Lipinski definition) is 4. The summed E-state index contributed by atoms with van der Waals surface area (Å²) in [5, 5.41) is 38.4. The summed E-state index contributed by atoms with van der Waals surface area (Å²) in [6, 6.07) is 23.4. The van der Waals surface area contributed by atoms with Crippen LogP contribution in [0.4, 0.5) is 0 Å². The maximum absolute atomic E-state index is 12.1. The zero-order valence-electron chi connectivity index (χ0n) is 19.9. The molecule has 0 unspecified atom stereocenters. The summed E-state index contributed by atoms with van der Waals surface area (Å²) < 4.78 is 12.8. The average Bonchev–Trinajstić information content (AvgIpc) is 2.93. The second kappa shape index (κ2) is 11.0. The van der Waals surface area contributed by atoms with Gasteiger partial charge in [-0.3, -0.25) is 0 Å². The molecule has 4 N–H and O–H groups in total. The molecule has 0 aliphatic carbocycles. The quantitative estimate of drug-likeness (QED) is 0.193. The summed E-state index contributed by atoms with van der Waals surface area (Å²) in [5.41, 5.74) is -1.47. The van der Waals surface area contributed by atoms with E-state index in [0.717, 1.165) is 12.1 Å². The zero-order chi connectivity index (χ0) is 28.2. The number of rotatable bonds is 10. The van der Waals surface area contributed by atoms with E-state index < -0.39 is 45.6 Å². The average molecular weight is 549 g/mol. The van der Waals surface area contributed by atoms with Crippen molar-refractivity contribution in [1.82, 2.24) is 0 Å². The summed E-state index contributed by atoms with van der Waals surface area (Å²) in [6.07, 6.45) is 0. The van der Waals surface area contributed by atoms with E-state index >= 15 is 0 Å². The molecule has 0 fully saturated rings. The Labute approximate surface area is 223 Å². The lowest BCUT2D eigenvalue weighted by Crippen LogP contribution is -2.19. The minimum absolute atomic E-state index is 0.228. The molecular formula is C28H20O10S. The standard InChI is InChI=1S/C28H20O10S/c29-25(30)17-11-13-23(21(15-17)27(33)34)37-39(19-7-3-1-4-8-19,20-9-5-2-6-10-20)38-24-14-12-18(26(31)32)16-22(24)28(35)36/h1-16H,(H,29,30)(H,31,32)(H,33,34)(H,35,36). The Hall–Kier alpha value is -5.29. The summed E-state index contributed by atoms with van der Waals surface area (Å²) in [7, 11) is -3.26. The van der Waals surface area contributed by atoms with Crippen molar-refractivity contribution in [3.63, 3.8) is 0 Å². The molecule has 0 aliphatic heterocycles. The molecule has 11 heteroatoms. The van der Waals surface area contributed by atoms with E-state index in [4.69, 9.17) is 8.37 Å². The fourth-order valence-electron chi connectivity index (χ4n) is 3.60. The molecule has 4 rings (SSSR count). The first-order valence-electron chi connectivity index (χ1n) is 11.2. The second-order valence-electron chi connectivity index (χ2n) is 7.94. The highest BCUT2D eigenvalue weighted by Crippen LogP contribution is 2.63. The van der Waals surface area contributed by atoms with Gasteiger partial charge in [0.05, 0.1) is 20.9 Å². The van der Waals surface area contributed by atoms with Crippen molar-refractivity contribution >= 4 is 34.5 Å². The number of carboxylic acid groups (broad SMARTS) is 4. The SMILES string of the molecule is O=C(O)c1ccc(OS(Oc2ccc(C(=O)O)cc2C(=O)O)(c2ccccc2)c2ccccc2)c(C(=O)O)c1. The van der Waals surface area contributed by atoms with Crippen LogP contribution in [0.3, 0.4) is 0 Å². The van der Waals surface area contributed by atoms with Crippen LogP contribution in [-0.2, 0) is 0 Å². The molecule has 4 aromatic carbocycles. The van der Waals surface area contributed by atoms with E-state index in [0.29, 0.717) is 9.79 Å². The van der Waals surface area contributed by atoms with Gasteiger partial charge >= 0.3 is 23.9 Å². The molecule has 0 heterocycles. The van der Waals surface area contributed by atoms with Crippen molar-refractivity contribution in [3.8, 4) is 11.5 Å². The molecule has 0 spiro atoms. The van der Waals surface area contributed by atoms with Gasteiger partial charge in [0.15, 0.2) is 11.5 Å². The minimum Gasteiger partial charge on any atom is -0.478 e. The van der Waals surface area contributed by atoms with E-state index in [1.54, 1.807) is 60.7 Å². The van der Waals surface area contributed by atoms with Crippen molar-refractivity contribution in [2.45, 2.75) is 9.79 Å². The molecule has 0 saturated heterocycles. The topological polar surface area (TPSA) is 168 Å². The van der Waals surface area contributed by atoms with Gasteiger partial charge in [-0.1, -0.05) is 47.0 Å². The Kier molecular flexibility index (Phi) is 7.54. The number of carbonyl (C=O) groups is 4. The van der Waals surface area contributed by atoms with Crippen LogP contribution < -0.4 is 8.37 Å². The van der Waals surface area contributed by atoms with Gasteiger partial charge in [0.1, 0.15) is 11.1 Å². The lowest BCUT2D eigenvalue weighted by molar-refractivity contribution is 0.0675. The third kappa shape index (κ3) is 5.53. The largest absolute Gasteiger partial charge is 0.478 e. The van der Waals surface area contributed by atoms with E-state index in [2.05, 4.69) is 0 Å². The minimum atomic E-state index is -3.26. The number of hydrogen-bond acceptors (Lipinski definition) is 6. The Balaban J connectivity index is 2.01. The lowest BCUT2D eigenvalue weighted by atomic mass is 10.1. The van der Waals surface area contributed by atoms with Crippen LogP contribution in [0.5, 0.6) is 11.5 Å². The Morgan fingerprint density at radius 1 is 0.487 bits per heavy atom. The summed E-state index contributed by atoms with van der Waals surface area (Å²) in [6.45, 7) is 0. The normalized spacial score (nSPS) is 11.3. The van der Waals surface area contributed by atoms with Crippen molar-refractivity contribution in [2.75, 3.05) is 0 Å².